The number of imidazole rings is 2. The predicted octanol–water partition coefficient (Wildman–Crippen LogP) is 7.02. The van der Waals surface area contributed by atoms with Gasteiger partial charge in [-0.25, -0.2) is 9.97 Å². The molecule has 4 N–H and O–H groups in total. The second-order valence-electron chi connectivity index (χ2n) is 19.8. The maximum atomic E-state index is 14.0. The second kappa shape index (κ2) is 23.8. The number of pyridine rings is 2. The minimum atomic E-state index is -0.580. The molecule has 0 aliphatic carbocycles. The third-order valence-electron chi connectivity index (χ3n) is 15.3. The van der Waals surface area contributed by atoms with Crippen molar-refractivity contribution < 1.29 is 28.7 Å². The Morgan fingerprint density at radius 3 is 1.49 bits per heavy atom. The van der Waals surface area contributed by atoms with Crippen LogP contribution in [0, 0.1) is 11.8 Å². The summed E-state index contributed by atoms with van der Waals surface area (Å²) in [5, 5.41) is 12.7. The quantitative estimate of drug-likeness (QED) is 0.0888. The fourth-order valence-corrected chi connectivity index (χ4v) is 11.1. The van der Waals surface area contributed by atoms with E-state index in [1.165, 1.54) is 0 Å². The highest BCUT2D eigenvalue weighted by atomic mass is 35.5. The summed E-state index contributed by atoms with van der Waals surface area (Å²) in [7, 11) is 3.49. The van der Waals surface area contributed by atoms with Crippen molar-refractivity contribution >= 4 is 46.5 Å². The summed E-state index contributed by atoms with van der Waals surface area (Å²) in [5.41, 5.74) is 7.48. The molecule has 0 saturated carbocycles. The molecule has 0 unspecified atom stereocenters. The van der Waals surface area contributed by atoms with E-state index in [2.05, 4.69) is 39.5 Å². The number of hydrogen-bond donors (Lipinski definition) is 4. The smallest absolute Gasteiger partial charge is 0.246 e. The highest BCUT2D eigenvalue weighted by Crippen LogP contribution is 2.38. The monoisotopic (exact) mass is 1010 g/mol. The first-order valence-corrected chi connectivity index (χ1v) is 26.4. The zero-order chi connectivity index (χ0) is 51.0. The molecule has 73 heavy (non-hydrogen) atoms. The zero-order valence-corrected chi connectivity index (χ0v) is 43.1. The number of nitrogens with zero attached hydrogens (tertiary/aromatic N) is 6. The fourth-order valence-electron chi connectivity index (χ4n) is 10.8. The Labute approximate surface area is 432 Å². The molecule has 0 spiro atoms. The number of benzene rings is 2. The van der Waals surface area contributed by atoms with Crippen molar-refractivity contribution in [2.24, 2.45) is 11.8 Å². The van der Waals surface area contributed by atoms with Crippen molar-refractivity contribution in [3.63, 3.8) is 0 Å². The highest BCUT2D eigenvalue weighted by molar-refractivity contribution is 6.33. The molecular formula is C56H69ClN10O6. The van der Waals surface area contributed by atoms with Gasteiger partial charge in [-0.1, -0.05) is 60.1 Å². The molecule has 4 fully saturated rings. The van der Waals surface area contributed by atoms with E-state index >= 15 is 0 Å². The number of amides is 4. The van der Waals surface area contributed by atoms with Crippen LogP contribution in [0.5, 0.6) is 0 Å². The molecule has 386 valence electrons. The van der Waals surface area contributed by atoms with Gasteiger partial charge < -0.3 is 49.3 Å². The third kappa shape index (κ3) is 11.5. The van der Waals surface area contributed by atoms with E-state index in [-0.39, 0.29) is 59.6 Å². The molecule has 10 rings (SSSR count). The van der Waals surface area contributed by atoms with Crippen molar-refractivity contribution in [1.82, 2.24) is 49.8 Å². The molecule has 6 atom stereocenters. The molecule has 4 aliphatic rings. The predicted molar refractivity (Wildman–Crippen MR) is 282 cm³/mol. The van der Waals surface area contributed by atoms with Gasteiger partial charge in [0.1, 0.15) is 23.4 Å². The molecular weight excluding hydrogens is 944 g/mol. The van der Waals surface area contributed by atoms with E-state index in [4.69, 9.17) is 31.0 Å². The molecule has 2 aromatic carbocycles. The summed E-state index contributed by atoms with van der Waals surface area (Å²) >= 11 is 6.50. The first-order valence-electron chi connectivity index (χ1n) is 26.0. The zero-order valence-electron chi connectivity index (χ0n) is 42.3. The average molecular weight is 1010 g/mol. The summed E-state index contributed by atoms with van der Waals surface area (Å²) in [5.74, 6) is -0.260. The van der Waals surface area contributed by atoms with Crippen LogP contribution in [-0.2, 0) is 28.7 Å². The van der Waals surface area contributed by atoms with Gasteiger partial charge in [-0.15, -0.1) is 0 Å². The number of aromatic nitrogens is 4. The number of carbonyl (C=O) groups is 4. The first-order chi connectivity index (χ1) is 35.5. The number of ether oxygens (including phenoxy) is 2. The molecule has 4 saturated heterocycles. The van der Waals surface area contributed by atoms with Gasteiger partial charge in [0, 0.05) is 86.0 Å². The Morgan fingerprint density at radius 2 is 1.01 bits per heavy atom. The Kier molecular flexibility index (Phi) is 16.9. The van der Waals surface area contributed by atoms with E-state index in [1.54, 1.807) is 27.9 Å². The maximum absolute atomic E-state index is 14.0. The lowest BCUT2D eigenvalue weighted by atomic mass is 9.90. The van der Waals surface area contributed by atoms with E-state index in [0.717, 1.165) is 96.3 Å². The van der Waals surface area contributed by atoms with E-state index in [0.29, 0.717) is 44.5 Å². The lowest BCUT2D eigenvalue weighted by Crippen LogP contribution is -2.56. The molecule has 6 aromatic rings. The minimum Gasteiger partial charge on any atom is -0.381 e. The number of rotatable bonds is 14. The van der Waals surface area contributed by atoms with Crippen LogP contribution in [0.2, 0.25) is 5.02 Å². The molecule has 0 bridgehead atoms. The van der Waals surface area contributed by atoms with Gasteiger partial charge in [-0.3, -0.25) is 19.2 Å². The summed E-state index contributed by atoms with van der Waals surface area (Å²) in [6.07, 6.45) is 14.5. The van der Waals surface area contributed by atoms with Gasteiger partial charge in [-0.2, -0.15) is 0 Å². The van der Waals surface area contributed by atoms with Crippen LogP contribution >= 0.6 is 11.6 Å². The Morgan fingerprint density at radius 1 is 0.575 bits per heavy atom. The van der Waals surface area contributed by atoms with Crippen molar-refractivity contribution in [2.45, 2.75) is 101 Å². The Balaban J connectivity index is 0.000000180. The van der Waals surface area contributed by atoms with Crippen LogP contribution in [0.25, 0.3) is 33.5 Å². The van der Waals surface area contributed by atoms with E-state index < -0.39 is 12.1 Å². The van der Waals surface area contributed by atoms with Gasteiger partial charge in [0.15, 0.2) is 0 Å². The third-order valence-corrected chi connectivity index (χ3v) is 15.6. The summed E-state index contributed by atoms with van der Waals surface area (Å²) in [6, 6.07) is 23.9. The summed E-state index contributed by atoms with van der Waals surface area (Å²) in [6.45, 7) is 7.35. The number of carbonyl (C=O) groups excluding carboxylic acids is 4. The van der Waals surface area contributed by atoms with E-state index in [9.17, 15) is 19.2 Å². The number of halogens is 1. The van der Waals surface area contributed by atoms with Gasteiger partial charge in [-0.05, 0) is 127 Å². The van der Waals surface area contributed by atoms with Crippen LogP contribution in [0.3, 0.4) is 0 Å². The van der Waals surface area contributed by atoms with Gasteiger partial charge in [0.25, 0.3) is 0 Å². The second-order valence-corrected chi connectivity index (χ2v) is 20.2. The van der Waals surface area contributed by atoms with Crippen molar-refractivity contribution in [1.29, 1.82) is 0 Å². The highest BCUT2D eigenvalue weighted by Gasteiger charge is 2.42. The van der Waals surface area contributed by atoms with Gasteiger partial charge in [0.05, 0.1) is 35.6 Å². The van der Waals surface area contributed by atoms with Crippen molar-refractivity contribution in [3.8, 4) is 22.3 Å². The van der Waals surface area contributed by atoms with Crippen LogP contribution in [-0.4, -0.2) is 130 Å². The fraction of sp³-hybridized carbons (Fsp3) is 0.464. The molecule has 0 radical (unpaired) electrons. The number of likely N-dealkylation sites (tertiary alicyclic amines) is 2. The molecule has 16 nitrogen and oxygen atoms in total. The largest absolute Gasteiger partial charge is 0.381 e. The van der Waals surface area contributed by atoms with Crippen LogP contribution < -0.4 is 21.3 Å². The molecule has 4 aliphatic heterocycles. The molecule has 4 aromatic heterocycles. The van der Waals surface area contributed by atoms with Crippen LogP contribution in [0.15, 0.2) is 104 Å². The van der Waals surface area contributed by atoms with Crippen LogP contribution in [0.4, 0.5) is 0 Å². The average Bonchev–Trinajstić information content (AvgIpc) is 4.28. The SMILES string of the molecule is CN[C@@H](C)C(=O)N[C@H](C(=O)N1CCC[C@H]1c1cn2cccc(-c3ccccc3)c2n1)C1CCOCC1.CN[C@@H](C)C(=O)N[C@H](C(=O)N1CCC[C@H]1c1cn2cccc(-c3ccccc3Cl)c2n1)C1CCOCC1. The standard InChI is InChI=1S/C28H34ClN5O3.C28H35N5O3/c1-18(30-2)27(35)32-25(19-11-15-37-16-12-19)28(36)34-14-6-10-24(34)23-17-33-13-5-8-21(26(33)31-23)20-7-3-4-9-22(20)29;1-19(29-2)27(34)31-25(21-12-16-36-17-13-21)28(35)33-15-7-11-24(33)23-18-32-14-6-10-22(26(32)30-23)20-8-4-3-5-9-20/h3-5,7-9,13,17-19,24-25,30H,6,10-12,14-16H2,1-2H3,(H,32,35);3-6,8-10,14,18-19,21,24-25,29H,7,11-13,15-17H2,1-2H3,(H,31,34)/t18-,24-,25-;19-,24-,25-/m00/s1. The summed E-state index contributed by atoms with van der Waals surface area (Å²) < 4.78 is 15.1. The van der Waals surface area contributed by atoms with Crippen molar-refractivity contribution in [3.05, 3.63) is 120 Å². The number of likely N-dealkylation sites (N-methyl/N-ethyl adjacent to an activating group) is 2. The first kappa shape index (κ1) is 51.7. The molecule has 8 heterocycles. The normalized spacial score (nSPS) is 20.3. The van der Waals surface area contributed by atoms with Crippen LogP contribution in [0.1, 0.15) is 88.7 Å². The lowest BCUT2D eigenvalue weighted by Gasteiger charge is -2.35. The number of fused-ring (bicyclic) bond motifs is 2. The number of hydrogen-bond acceptors (Lipinski definition) is 10. The Hall–Kier alpha value is -6.17. The lowest BCUT2D eigenvalue weighted by molar-refractivity contribution is -0.140. The van der Waals surface area contributed by atoms with Gasteiger partial charge in [0.2, 0.25) is 23.6 Å². The van der Waals surface area contributed by atoms with Crippen molar-refractivity contribution in [2.75, 3.05) is 53.6 Å². The Bertz CT molecular complexity index is 2860. The van der Waals surface area contributed by atoms with E-state index in [1.807, 2.05) is 104 Å². The molecule has 17 heteroatoms. The number of nitrogens with one attached hydrogen (secondary N) is 4. The maximum Gasteiger partial charge on any atom is 0.246 e. The topological polar surface area (TPSA) is 176 Å². The summed E-state index contributed by atoms with van der Waals surface area (Å²) in [4.78, 5) is 67.5. The molecule has 4 amide bonds. The van der Waals surface area contributed by atoms with Gasteiger partial charge >= 0.3 is 0 Å². The minimum absolute atomic E-state index is 0.0126.